The van der Waals surface area contributed by atoms with E-state index in [1.165, 1.54) is 0 Å². The largest absolute Gasteiger partial charge is 0.479 e. The van der Waals surface area contributed by atoms with Gasteiger partial charge in [-0.2, -0.15) is 0 Å². The zero-order chi connectivity index (χ0) is 14.3. The second-order valence-corrected chi connectivity index (χ2v) is 4.11. The van der Waals surface area contributed by atoms with Gasteiger partial charge in [-0.1, -0.05) is 0 Å². The third-order valence-electron chi connectivity index (χ3n) is 2.74. The first-order valence-corrected chi connectivity index (χ1v) is 6.47. The van der Waals surface area contributed by atoms with Crippen molar-refractivity contribution in [3.05, 3.63) is 0 Å². The Morgan fingerprint density at radius 1 is 1.26 bits per heavy atom. The molecular weight excluding hydrogens is 254 g/mol. The fraction of sp³-hybridized carbons (Fsp3) is 0.833. The van der Waals surface area contributed by atoms with Gasteiger partial charge in [0.1, 0.15) is 6.10 Å². The summed E-state index contributed by atoms with van der Waals surface area (Å²) in [6.07, 6.45) is -1.31. The maximum absolute atomic E-state index is 11.8. The summed E-state index contributed by atoms with van der Waals surface area (Å²) in [6, 6.07) is 0. The van der Waals surface area contributed by atoms with E-state index in [9.17, 15) is 9.59 Å². The average Bonchev–Trinajstić information content (AvgIpc) is 2.86. The standard InChI is InChI=1S/C12H21NO6/c1-3-17-10(18-4-2)7-13-11(14)8-5-6-9(19-8)12(15)16/h8-10H,3-7H2,1-2H3,(H,13,14)(H,15,16)/t8-,9+/m0/s1. The number of amides is 1. The number of carbonyl (C=O) groups is 2. The van der Waals surface area contributed by atoms with Gasteiger partial charge in [0.25, 0.3) is 0 Å². The Morgan fingerprint density at radius 2 is 1.84 bits per heavy atom. The van der Waals surface area contributed by atoms with Crippen LogP contribution in [0.3, 0.4) is 0 Å². The highest BCUT2D eigenvalue weighted by Gasteiger charge is 2.34. The molecule has 2 N–H and O–H groups in total. The Kier molecular flexibility index (Phi) is 6.75. The van der Waals surface area contributed by atoms with Gasteiger partial charge in [-0.3, -0.25) is 4.79 Å². The lowest BCUT2D eigenvalue weighted by Gasteiger charge is -2.18. The predicted octanol–water partition coefficient (Wildman–Crippen LogP) is 0.134. The minimum absolute atomic E-state index is 0.220. The van der Waals surface area contributed by atoms with E-state index in [2.05, 4.69) is 5.32 Å². The smallest absolute Gasteiger partial charge is 0.332 e. The molecule has 7 nitrogen and oxygen atoms in total. The monoisotopic (exact) mass is 275 g/mol. The number of carboxylic acids is 1. The zero-order valence-electron chi connectivity index (χ0n) is 11.3. The van der Waals surface area contributed by atoms with Crippen LogP contribution in [0.4, 0.5) is 0 Å². The van der Waals surface area contributed by atoms with Crippen LogP contribution in [0.2, 0.25) is 0 Å². The Bertz CT molecular complexity index is 303. The number of nitrogens with one attached hydrogen (secondary N) is 1. The molecule has 0 spiro atoms. The second kappa shape index (κ2) is 8.08. The highest BCUT2D eigenvalue weighted by molar-refractivity contribution is 5.82. The van der Waals surface area contributed by atoms with Crippen molar-refractivity contribution in [3.8, 4) is 0 Å². The molecule has 0 aromatic carbocycles. The van der Waals surface area contributed by atoms with Crippen LogP contribution in [0, 0.1) is 0 Å². The Labute approximate surface area is 112 Å². The van der Waals surface area contributed by atoms with Crippen molar-refractivity contribution in [1.29, 1.82) is 0 Å². The molecular formula is C12H21NO6. The number of ether oxygens (including phenoxy) is 3. The van der Waals surface area contributed by atoms with Crippen LogP contribution in [0.1, 0.15) is 26.7 Å². The molecule has 110 valence electrons. The molecule has 1 saturated heterocycles. The van der Waals surface area contributed by atoms with Crippen LogP contribution in [0.15, 0.2) is 0 Å². The van der Waals surface area contributed by atoms with Crippen LogP contribution in [0.25, 0.3) is 0 Å². The maximum Gasteiger partial charge on any atom is 0.332 e. The molecule has 1 fully saturated rings. The molecule has 1 aliphatic heterocycles. The lowest BCUT2D eigenvalue weighted by molar-refractivity contribution is -0.154. The van der Waals surface area contributed by atoms with Crippen LogP contribution >= 0.6 is 0 Å². The zero-order valence-corrected chi connectivity index (χ0v) is 11.3. The molecule has 1 aliphatic rings. The van der Waals surface area contributed by atoms with E-state index in [1.54, 1.807) is 0 Å². The first-order chi connectivity index (χ1) is 9.08. The minimum Gasteiger partial charge on any atom is -0.479 e. The topological polar surface area (TPSA) is 94.1 Å². The Balaban J connectivity index is 2.32. The van der Waals surface area contributed by atoms with Crippen molar-refractivity contribution in [3.63, 3.8) is 0 Å². The average molecular weight is 275 g/mol. The number of hydrogen-bond acceptors (Lipinski definition) is 5. The van der Waals surface area contributed by atoms with Gasteiger partial charge >= 0.3 is 5.97 Å². The summed E-state index contributed by atoms with van der Waals surface area (Å²) < 4.78 is 15.7. The summed E-state index contributed by atoms with van der Waals surface area (Å²) in [5.74, 6) is -1.36. The van der Waals surface area contributed by atoms with Crippen LogP contribution in [-0.4, -0.2) is 55.2 Å². The van der Waals surface area contributed by atoms with Crippen molar-refractivity contribution >= 4 is 11.9 Å². The molecule has 2 atom stereocenters. The van der Waals surface area contributed by atoms with E-state index in [4.69, 9.17) is 19.3 Å². The first-order valence-electron chi connectivity index (χ1n) is 6.47. The molecule has 19 heavy (non-hydrogen) atoms. The molecule has 0 aromatic heterocycles. The predicted molar refractivity (Wildman–Crippen MR) is 65.6 cm³/mol. The number of hydrogen-bond donors (Lipinski definition) is 2. The summed E-state index contributed by atoms with van der Waals surface area (Å²) in [5.41, 5.74) is 0. The molecule has 1 heterocycles. The number of carbonyl (C=O) groups excluding carboxylic acids is 1. The molecule has 0 unspecified atom stereocenters. The van der Waals surface area contributed by atoms with Gasteiger partial charge in [-0.25, -0.2) is 4.79 Å². The summed E-state index contributed by atoms with van der Waals surface area (Å²) in [6.45, 7) is 4.87. The number of rotatable bonds is 8. The summed E-state index contributed by atoms with van der Waals surface area (Å²) in [7, 11) is 0. The van der Waals surface area contributed by atoms with E-state index in [1.807, 2.05) is 13.8 Å². The van der Waals surface area contributed by atoms with Gasteiger partial charge in [0, 0.05) is 13.2 Å². The normalized spacial score (nSPS) is 22.7. The van der Waals surface area contributed by atoms with Crippen molar-refractivity contribution in [2.24, 2.45) is 0 Å². The van der Waals surface area contributed by atoms with Crippen molar-refractivity contribution in [2.45, 2.75) is 45.2 Å². The third kappa shape index (κ3) is 5.14. The van der Waals surface area contributed by atoms with Crippen LogP contribution < -0.4 is 5.32 Å². The SMILES string of the molecule is CCOC(CNC(=O)[C@@H]1CC[C@H](C(=O)O)O1)OCC. The number of aliphatic carboxylic acids is 1. The molecule has 1 rings (SSSR count). The fourth-order valence-corrected chi connectivity index (χ4v) is 1.85. The minimum atomic E-state index is -1.03. The Hall–Kier alpha value is -1.18. The van der Waals surface area contributed by atoms with E-state index in [0.717, 1.165) is 0 Å². The van der Waals surface area contributed by atoms with Crippen molar-refractivity contribution in [1.82, 2.24) is 5.32 Å². The first kappa shape index (κ1) is 15.9. The van der Waals surface area contributed by atoms with Gasteiger partial charge in [-0.05, 0) is 26.7 Å². The highest BCUT2D eigenvalue weighted by Crippen LogP contribution is 2.19. The Morgan fingerprint density at radius 3 is 2.32 bits per heavy atom. The molecule has 0 aromatic rings. The summed E-state index contributed by atoms with van der Waals surface area (Å²) >= 11 is 0. The van der Waals surface area contributed by atoms with Gasteiger partial charge in [0.15, 0.2) is 12.4 Å². The van der Waals surface area contributed by atoms with Gasteiger partial charge in [-0.15, -0.1) is 0 Å². The van der Waals surface area contributed by atoms with Crippen molar-refractivity contribution in [2.75, 3.05) is 19.8 Å². The van der Waals surface area contributed by atoms with E-state index in [0.29, 0.717) is 26.1 Å². The van der Waals surface area contributed by atoms with Gasteiger partial charge < -0.3 is 24.6 Å². The van der Waals surface area contributed by atoms with Crippen LogP contribution in [0.5, 0.6) is 0 Å². The third-order valence-corrected chi connectivity index (χ3v) is 2.74. The van der Waals surface area contributed by atoms with E-state index >= 15 is 0 Å². The molecule has 0 aliphatic carbocycles. The van der Waals surface area contributed by atoms with Crippen molar-refractivity contribution < 1.29 is 28.9 Å². The van der Waals surface area contributed by atoms with Crippen LogP contribution in [-0.2, 0) is 23.8 Å². The molecule has 0 bridgehead atoms. The summed E-state index contributed by atoms with van der Waals surface area (Å²) in [4.78, 5) is 22.5. The molecule has 7 heteroatoms. The van der Waals surface area contributed by atoms with E-state index in [-0.39, 0.29) is 12.5 Å². The molecule has 0 radical (unpaired) electrons. The second-order valence-electron chi connectivity index (χ2n) is 4.11. The van der Waals surface area contributed by atoms with Gasteiger partial charge in [0.05, 0.1) is 6.54 Å². The highest BCUT2D eigenvalue weighted by atomic mass is 16.7. The fourth-order valence-electron chi connectivity index (χ4n) is 1.85. The quantitative estimate of drug-likeness (QED) is 0.612. The van der Waals surface area contributed by atoms with E-state index < -0.39 is 24.5 Å². The lowest BCUT2D eigenvalue weighted by atomic mass is 10.2. The van der Waals surface area contributed by atoms with Gasteiger partial charge in [0.2, 0.25) is 5.91 Å². The summed E-state index contributed by atoms with van der Waals surface area (Å²) in [5, 5.41) is 11.4. The molecule has 1 amide bonds. The lowest BCUT2D eigenvalue weighted by Crippen LogP contribution is -2.41. The number of carboxylic acid groups (broad SMARTS) is 1. The maximum atomic E-state index is 11.8. The molecule has 0 saturated carbocycles.